The van der Waals surface area contributed by atoms with Crippen LogP contribution in [0.5, 0.6) is 17.4 Å². The lowest BCUT2D eigenvalue weighted by Crippen LogP contribution is -2.58. The van der Waals surface area contributed by atoms with Crippen molar-refractivity contribution in [3.63, 3.8) is 0 Å². The van der Waals surface area contributed by atoms with E-state index in [-0.39, 0.29) is 62.7 Å². The molecule has 3 amide bonds. The summed E-state index contributed by atoms with van der Waals surface area (Å²) in [5.74, 6) is -0.122. The predicted molar refractivity (Wildman–Crippen MR) is 259 cm³/mol. The second kappa shape index (κ2) is 20.7. The number of amides is 3. The molecule has 0 bridgehead atoms. The molecule has 15 nitrogen and oxygen atoms in total. The third-order valence-electron chi connectivity index (χ3n) is 12.9. The highest BCUT2D eigenvalue weighted by Gasteiger charge is 2.54. The molecule has 1 aliphatic carbocycles. The molecule has 16 heteroatoms. The molecule has 1 spiro atoms. The van der Waals surface area contributed by atoms with E-state index in [1.165, 1.54) is 18.3 Å². The summed E-state index contributed by atoms with van der Waals surface area (Å²) in [5.41, 5.74) is 3.44. The zero-order valence-corrected chi connectivity index (χ0v) is 39.9. The summed E-state index contributed by atoms with van der Waals surface area (Å²) in [4.78, 5) is 62.6. The van der Waals surface area contributed by atoms with Crippen molar-refractivity contribution in [3.8, 4) is 28.5 Å². The van der Waals surface area contributed by atoms with Crippen molar-refractivity contribution >= 4 is 35.1 Å². The number of pyridine rings is 1. The van der Waals surface area contributed by atoms with Crippen molar-refractivity contribution in [1.29, 1.82) is 0 Å². The number of carbonyl (C=O) groups is 4. The largest absolute Gasteiger partial charge is 0.477 e. The van der Waals surface area contributed by atoms with Crippen LogP contribution in [0.4, 0.5) is 15.8 Å². The summed E-state index contributed by atoms with van der Waals surface area (Å²) in [6.07, 6.45) is 4.29. The standard InChI is InChI=1S/C53H59FN6O9/c1-7-52(8-2,58-48(62)36-28-40(34-11-14-37(54)15-12-34)49(57-31-36)67-32-33-9-10-33)51(64)56-22-24-66-26-25-65-23-21-55-47(61)35-13-18-42-41(27-35)50(63)69-53(42)43-19-16-38(59(3)4)29-45(43)68-46-30-39(60(5)6)17-20-44(46)53/h11-20,27-31,33H,7-10,21-26,32H2,1-6H3,(H,55,61)(H,56,64)(H,58,62). The molecule has 8 rings (SSSR count). The molecule has 0 atom stereocenters. The number of halogens is 1. The fraction of sp³-hybridized carbons (Fsp3) is 0.377. The van der Waals surface area contributed by atoms with Crippen LogP contribution in [-0.2, 0) is 24.6 Å². The van der Waals surface area contributed by atoms with Crippen LogP contribution < -0.4 is 35.2 Å². The number of nitrogens with zero attached hydrogens (tertiary/aromatic N) is 3. The molecule has 4 aromatic carbocycles. The third-order valence-corrected chi connectivity index (χ3v) is 12.9. The maximum atomic E-state index is 13.8. The van der Waals surface area contributed by atoms with E-state index in [1.54, 1.807) is 36.4 Å². The van der Waals surface area contributed by atoms with Gasteiger partial charge in [-0.3, -0.25) is 14.4 Å². The number of fused-ring (bicyclic) bond motifs is 6. The molecule has 362 valence electrons. The van der Waals surface area contributed by atoms with Gasteiger partial charge in [-0.1, -0.05) is 32.0 Å². The van der Waals surface area contributed by atoms with Gasteiger partial charge in [0.1, 0.15) is 22.9 Å². The smallest absolute Gasteiger partial charge is 0.340 e. The van der Waals surface area contributed by atoms with Crippen LogP contribution in [0.2, 0.25) is 0 Å². The topological polar surface area (TPSA) is 170 Å². The van der Waals surface area contributed by atoms with Crippen LogP contribution in [0.25, 0.3) is 11.1 Å². The second-order valence-corrected chi connectivity index (χ2v) is 17.9. The molecule has 0 radical (unpaired) electrons. The molecule has 2 aliphatic heterocycles. The number of hydrogen-bond acceptors (Lipinski definition) is 12. The Hall–Kier alpha value is -7.04. The van der Waals surface area contributed by atoms with E-state index in [1.807, 2.05) is 88.2 Å². The number of aromatic nitrogens is 1. The second-order valence-electron chi connectivity index (χ2n) is 17.9. The Morgan fingerprint density at radius 2 is 1.33 bits per heavy atom. The molecule has 3 N–H and O–H groups in total. The van der Waals surface area contributed by atoms with E-state index >= 15 is 0 Å². The van der Waals surface area contributed by atoms with E-state index < -0.39 is 23.0 Å². The summed E-state index contributed by atoms with van der Waals surface area (Å²) >= 11 is 0. The van der Waals surface area contributed by atoms with Crippen LogP contribution >= 0.6 is 0 Å². The minimum absolute atomic E-state index is 0.201. The average molecular weight is 943 g/mol. The number of hydrogen-bond donors (Lipinski definition) is 3. The number of rotatable bonds is 21. The van der Waals surface area contributed by atoms with E-state index in [0.717, 1.165) is 24.2 Å². The minimum Gasteiger partial charge on any atom is -0.477 e. The van der Waals surface area contributed by atoms with Gasteiger partial charge in [-0.2, -0.15) is 0 Å². The van der Waals surface area contributed by atoms with Gasteiger partial charge >= 0.3 is 5.97 Å². The van der Waals surface area contributed by atoms with Crippen molar-refractivity contribution < 1.29 is 47.3 Å². The Morgan fingerprint density at radius 3 is 1.93 bits per heavy atom. The first-order chi connectivity index (χ1) is 33.3. The van der Waals surface area contributed by atoms with Gasteiger partial charge in [-0.15, -0.1) is 0 Å². The molecular weight excluding hydrogens is 884 g/mol. The van der Waals surface area contributed by atoms with Crippen LogP contribution in [-0.4, -0.2) is 109 Å². The maximum absolute atomic E-state index is 13.8. The van der Waals surface area contributed by atoms with Crippen molar-refractivity contribution in [2.45, 2.75) is 50.7 Å². The molecule has 1 aromatic heterocycles. The lowest BCUT2D eigenvalue weighted by atomic mass is 9.77. The number of esters is 1. The summed E-state index contributed by atoms with van der Waals surface area (Å²) in [7, 11) is 7.78. The zero-order chi connectivity index (χ0) is 48.9. The summed E-state index contributed by atoms with van der Waals surface area (Å²) in [6, 6.07) is 24.2. The van der Waals surface area contributed by atoms with E-state index in [0.29, 0.717) is 81.7 Å². The van der Waals surface area contributed by atoms with E-state index in [9.17, 15) is 23.6 Å². The number of anilines is 2. The summed E-state index contributed by atoms with van der Waals surface area (Å²) < 4.78 is 43.9. The first-order valence-electron chi connectivity index (χ1n) is 23.4. The average Bonchev–Trinajstić information content (AvgIpc) is 4.15. The third kappa shape index (κ3) is 10.2. The lowest BCUT2D eigenvalue weighted by Gasteiger charge is -2.37. The van der Waals surface area contributed by atoms with Crippen LogP contribution in [0.15, 0.2) is 91.1 Å². The zero-order valence-electron chi connectivity index (χ0n) is 39.9. The monoisotopic (exact) mass is 942 g/mol. The SMILES string of the molecule is CCC(CC)(NC(=O)c1cnc(OCC2CC2)c(-c2ccc(F)cc2)c1)C(=O)NCCOCCOCCNC(=O)c1ccc2c(c1)C(=O)OC21c2ccc(N(C)C)cc2Oc2cc(N(C)C)ccc21. The molecule has 1 saturated carbocycles. The molecule has 1 fully saturated rings. The lowest BCUT2D eigenvalue weighted by molar-refractivity contribution is -0.128. The van der Waals surface area contributed by atoms with Gasteiger partial charge < -0.3 is 49.4 Å². The van der Waals surface area contributed by atoms with Crippen molar-refractivity contribution in [2.75, 3.05) is 84.1 Å². The van der Waals surface area contributed by atoms with Gasteiger partial charge in [0, 0.05) is 98.8 Å². The molecule has 3 heterocycles. The highest BCUT2D eigenvalue weighted by molar-refractivity contribution is 6.02. The molecule has 69 heavy (non-hydrogen) atoms. The Labute approximate surface area is 401 Å². The van der Waals surface area contributed by atoms with Crippen LogP contribution in [0.1, 0.15) is 87.3 Å². The van der Waals surface area contributed by atoms with Gasteiger partial charge in [-0.25, -0.2) is 14.2 Å². The normalized spacial score (nSPS) is 14.2. The molecule has 0 unspecified atom stereocenters. The molecule has 0 saturated heterocycles. The Morgan fingerprint density at radius 1 is 0.739 bits per heavy atom. The minimum atomic E-state index is -1.27. The Kier molecular flexibility index (Phi) is 14.5. The predicted octanol–water partition coefficient (Wildman–Crippen LogP) is 7.24. The van der Waals surface area contributed by atoms with Crippen molar-refractivity contribution in [3.05, 3.63) is 130 Å². The number of ether oxygens (including phenoxy) is 5. The Balaban J connectivity index is 0.796. The fourth-order valence-corrected chi connectivity index (χ4v) is 8.57. The van der Waals surface area contributed by atoms with Crippen LogP contribution in [0, 0.1) is 11.7 Å². The first-order valence-corrected chi connectivity index (χ1v) is 23.4. The summed E-state index contributed by atoms with van der Waals surface area (Å²) in [6.45, 7) is 5.51. The van der Waals surface area contributed by atoms with Gasteiger partial charge in [0.2, 0.25) is 11.8 Å². The van der Waals surface area contributed by atoms with E-state index in [4.69, 9.17) is 23.7 Å². The van der Waals surface area contributed by atoms with E-state index in [2.05, 4.69) is 20.9 Å². The molecule has 3 aliphatic rings. The molecule has 5 aromatic rings. The molecular formula is C53H59FN6O9. The highest BCUT2D eigenvalue weighted by Crippen LogP contribution is 2.57. The first kappa shape index (κ1) is 48.4. The van der Waals surface area contributed by atoms with Gasteiger partial charge in [0.25, 0.3) is 11.8 Å². The number of carbonyl (C=O) groups excluding carboxylic acids is 4. The maximum Gasteiger partial charge on any atom is 0.340 e. The van der Waals surface area contributed by atoms with Crippen molar-refractivity contribution in [1.82, 2.24) is 20.9 Å². The quantitative estimate of drug-likeness (QED) is 0.0499. The Bertz CT molecular complexity index is 2660. The van der Waals surface area contributed by atoms with Crippen molar-refractivity contribution in [2.24, 2.45) is 5.92 Å². The van der Waals surface area contributed by atoms with Gasteiger partial charge in [0.05, 0.1) is 44.2 Å². The fourth-order valence-electron chi connectivity index (χ4n) is 8.57. The number of benzene rings is 4. The highest BCUT2D eigenvalue weighted by atomic mass is 19.1. The van der Waals surface area contributed by atoms with Gasteiger partial charge in [0.15, 0.2) is 5.60 Å². The summed E-state index contributed by atoms with van der Waals surface area (Å²) in [5, 5.41) is 8.68. The van der Waals surface area contributed by atoms with Gasteiger partial charge in [-0.05, 0) is 91.8 Å². The van der Waals surface area contributed by atoms with Crippen LogP contribution in [0.3, 0.4) is 0 Å². The number of nitrogens with one attached hydrogen (secondary N) is 3.